The highest BCUT2D eigenvalue weighted by atomic mass is 35.5. The van der Waals surface area contributed by atoms with Gasteiger partial charge in [0.2, 0.25) is 6.23 Å². The molecular formula is C24H20ClFN2O. The van der Waals surface area contributed by atoms with Crippen LogP contribution in [0.15, 0.2) is 65.8 Å². The SMILES string of the molecule is Cc1ccc(C2Oc3ccc(Cl)cc3C3CC(c4ccc(F)cc4)=NN32)c(C)c1. The van der Waals surface area contributed by atoms with E-state index in [-0.39, 0.29) is 18.1 Å². The predicted molar refractivity (Wildman–Crippen MR) is 113 cm³/mol. The number of benzene rings is 3. The number of hydrazone groups is 1. The van der Waals surface area contributed by atoms with Gasteiger partial charge in [0.15, 0.2) is 0 Å². The number of nitrogens with zero attached hydrogens (tertiary/aromatic N) is 2. The average Bonchev–Trinajstić information content (AvgIpc) is 3.14. The summed E-state index contributed by atoms with van der Waals surface area (Å²) in [5.41, 5.74) is 6.33. The maximum Gasteiger partial charge on any atom is 0.214 e. The fraction of sp³-hybridized carbons (Fsp3) is 0.208. The van der Waals surface area contributed by atoms with E-state index >= 15 is 0 Å². The van der Waals surface area contributed by atoms with Gasteiger partial charge in [0.05, 0.1) is 11.8 Å². The van der Waals surface area contributed by atoms with Crippen LogP contribution in [0.3, 0.4) is 0 Å². The molecule has 3 aromatic carbocycles. The highest BCUT2D eigenvalue weighted by molar-refractivity contribution is 6.30. The van der Waals surface area contributed by atoms with Gasteiger partial charge in [-0.3, -0.25) is 0 Å². The van der Waals surface area contributed by atoms with Crippen LogP contribution in [0.5, 0.6) is 5.75 Å². The van der Waals surface area contributed by atoms with E-state index in [1.165, 1.54) is 17.7 Å². The van der Waals surface area contributed by atoms with Gasteiger partial charge in [-0.1, -0.05) is 47.5 Å². The molecule has 2 aliphatic heterocycles. The number of ether oxygens (including phenoxy) is 1. The van der Waals surface area contributed by atoms with Crippen LogP contribution in [0, 0.1) is 19.7 Å². The number of fused-ring (bicyclic) bond motifs is 3. The molecule has 0 aliphatic carbocycles. The van der Waals surface area contributed by atoms with E-state index in [0.717, 1.165) is 33.7 Å². The molecule has 2 heterocycles. The van der Waals surface area contributed by atoms with Gasteiger partial charge in [0.1, 0.15) is 11.6 Å². The Bertz CT molecular complexity index is 1130. The van der Waals surface area contributed by atoms with E-state index in [2.05, 4.69) is 32.0 Å². The monoisotopic (exact) mass is 406 g/mol. The molecule has 5 rings (SSSR count). The average molecular weight is 407 g/mol. The van der Waals surface area contributed by atoms with E-state index in [1.807, 2.05) is 23.2 Å². The van der Waals surface area contributed by atoms with Crippen LogP contribution < -0.4 is 4.74 Å². The van der Waals surface area contributed by atoms with Gasteiger partial charge in [-0.15, -0.1) is 0 Å². The standard InChI is InChI=1S/C24H20ClFN2O/c1-14-3-9-19(15(2)11-14)24-28-22(20-12-17(25)6-10-23(20)29-24)13-21(27-28)16-4-7-18(26)8-5-16/h3-12,22,24H,13H2,1-2H3. The van der Waals surface area contributed by atoms with Crippen LogP contribution in [0.25, 0.3) is 0 Å². The van der Waals surface area contributed by atoms with E-state index < -0.39 is 0 Å². The second-order valence-corrected chi connectivity index (χ2v) is 8.10. The van der Waals surface area contributed by atoms with Crippen molar-refractivity contribution >= 4 is 17.3 Å². The molecule has 3 nitrogen and oxygen atoms in total. The minimum atomic E-state index is -0.327. The molecule has 0 saturated carbocycles. The maximum atomic E-state index is 13.4. The van der Waals surface area contributed by atoms with Crippen molar-refractivity contribution in [2.75, 3.05) is 0 Å². The summed E-state index contributed by atoms with van der Waals surface area (Å²) in [7, 11) is 0. The van der Waals surface area contributed by atoms with E-state index in [4.69, 9.17) is 21.4 Å². The van der Waals surface area contributed by atoms with Crippen molar-refractivity contribution in [2.45, 2.75) is 32.5 Å². The lowest BCUT2D eigenvalue weighted by Gasteiger charge is -2.38. The first-order valence-electron chi connectivity index (χ1n) is 9.64. The molecule has 2 atom stereocenters. The Hall–Kier alpha value is -2.85. The molecule has 0 saturated heterocycles. The Morgan fingerprint density at radius 1 is 1.00 bits per heavy atom. The fourth-order valence-corrected chi connectivity index (χ4v) is 4.36. The van der Waals surface area contributed by atoms with Crippen molar-refractivity contribution < 1.29 is 9.13 Å². The van der Waals surface area contributed by atoms with Crippen LogP contribution in [0.1, 0.15) is 46.5 Å². The third-order valence-corrected chi connectivity index (χ3v) is 5.86. The van der Waals surface area contributed by atoms with Crippen molar-refractivity contribution in [3.63, 3.8) is 0 Å². The number of halogens is 2. The van der Waals surface area contributed by atoms with Crippen LogP contribution >= 0.6 is 11.6 Å². The lowest BCUT2D eigenvalue weighted by atomic mass is 9.95. The topological polar surface area (TPSA) is 24.8 Å². The first-order valence-corrected chi connectivity index (χ1v) is 10.0. The molecule has 0 radical (unpaired) electrons. The molecule has 0 N–H and O–H groups in total. The summed E-state index contributed by atoms with van der Waals surface area (Å²) in [6.45, 7) is 4.18. The largest absolute Gasteiger partial charge is 0.464 e. The first-order chi connectivity index (χ1) is 14.0. The van der Waals surface area contributed by atoms with E-state index in [0.29, 0.717) is 11.4 Å². The van der Waals surface area contributed by atoms with Crippen molar-refractivity contribution in [3.05, 3.63) is 99.3 Å². The van der Waals surface area contributed by atoms with Crippen molar-refractivity contribution in [3.8, 4) is 5.75 Å². The lowest BCUT2D eigenvalue weighted by molar-refractivity contribution is -0.0194. The smallest absolute Gasteiger partial charge is 0.214 e. The molecule has 0 spiro atoms. The van der Waals surface area contributed by atoms with Gasteiger partial charge in [-0.05, 0) is 55.3 Å². The van der Waals surface area contributed by atoms with Gasteiger partial charge in [0, 0.05) is 22.6 Å². The zero-order valence-electron chi connectivity index (χ0n) is 16.2. The lowest BCUT2D eigenvalue weighted by Crippen LogP contribution is -2.34. The zero-order chi connectivity index (χ0) is 20.1. The van der Waals surface area contributed by atoms with E-state index in [1.54, 1.807) is 12.1 Å². The second kappa shape index (κ2) is 6.89. The fourth-order valence-electron chi connectivity index (χ4n) is 4.18. The third-order valence-electron chi connectivity index (χ3n) is 5.62. The van der Waals surface area contributed by atoms with Crippen LogP contribution in [0.2, 0.25) is 5.02 Å². The highest BCUT2D eigenvalue weighted by Crippen LogP contribution is 2.48. The predicted octanol–water partition coefficient (Wildman–Crippen LogP) is 6.34. The number of rotatable bonds is 2. The molecule has 146 valence electrons. The van der Waals surface area contributed by atoms with Gasteiger partial charge >= 0.3 is 0 Å². The third kappa shape index (κ3) is 3.18. The summed E-state index contributed by atoms with van der Waals surface area (Å²) in [6.07, 6.45) is 0.385. The maximum absolute atomic E-state index is 13.4. The molecule has 2 unspecified atom stereocenters. The quantitative estimate of drug-likeness (QED) is 0.496. The molecular weight excluding hydrogens is 387 g/mol. The first kappa shape index (κ1) is 18.2. The van der Waals surface area contributed by atoms with Crippen molar-refractivity contribution in [2.24, 2.45) is 5.10 Å². The summed E-state index contributed by atoms with van der Waals surface area (Å²) in [6, 6.07) is 18.6. The molecule has 0 amide bonds. The molecule has 0 fully saturated rings. The Labute approximate surface area is 174 Å². The highest BCUT2D eigenvalue weighted by Gasteiger charge is 2.41. The van der Waals surface area contributed by atoms with E-state index in [9.17, 15) is 4.39 Å². The summed E-state index contributed by atoms with van der Waals surface area (Å²) < 4.78 is 19.8. The van der Waals surface area contributed by atoms with Crippen LogP contribution in [0.4, 0.5) is 4.39 Å². The molecule has 29 heavy (non-hydrogen) atoms. The van der Waals surface area contributed by atoms with Crippen molar-refractivity contribution in [1.29, 1.82) is 0 Å². The molecule has 3 aromatic rings. The van der Waals surface area contributed by atoms with Gasteiger partial charge in [-0.2, -0.15) is 5.10 Å². The number of hydrogen-bond donors (Lipinski definition) is 0. The van der Waals surface area contributed by atoms with Crippen molar-refractivity contribution in [1.82, 2.24) is 5.01 Å². The van der Waals surface area contributed by atoms with Crippen LogP contribution in [-0.4, -0.2) is 10.7 Å². The Morgan fingerprint density at radius 3 is 2.55 bits per heavy atom. The summed E-state index contributed by atoms with van der Waals surface area (Å²) in [4.78, 5) is 0. The normalized spacial score (nSPS) is 20.0. The Balaban J connectivity index is 1.62. The molecule has 0 bridgehead atoms. The Kier molecular flexibility index (Phi) is 4.32. The summed E-state index contributed by atoms with van der Waals surface area (Å²) in [5, 5.41) is 7.62. The molecule has 5 heteroatoms. The Morgan fingerprint density at radius 2 is 1.79 bits per heavy atom. The molecule has 2 aliphatic rings. The zero-order valence-corrected chi connectivity index (χ0v) is 16.9. The molecule has 0 aromatic heterocycles. The number of hydrogen-bond acceptors (Lipinski definition) is 3. The van der Waals surface area contributed by atoms with Gasteiger partial charge in [0.25, 0.3) is 0 Å². The summed E-state index contributed by atoms with van der Waals surface area (Å²) in [5.74, 6) is 0.579. The van der Waals surface area contributed by atoms with Gasteiger partial charge < -0.3 is 4.74 Å². The minimum absolute atomic E-state index is 0.0169. The number of aryl methyl sites for hydroxylation is 2. The summed E-state index contributed by atoms with van der Waals surface area (Å²) >= 11 is 6.28. The van der Waals surface area contributed by atoms with Crippen LogP contribution in [-0.2, 0) is 0 Å². The van der Waals surface area contributed by atoms with Gasteiger partial charge in [-0.25, -0.2) is 9.40 Å². The minimum Gasteiger partial charge on any atom is -0.464 e. The second-order valence-electron chi connectivity index (χ2n) is 7.67.